The van der Waals surface area contributed by atoms with Crippen LogP contribution in [0.2, 0.25) is 0 Å². The molecule has 0 unspecified atom stereocenters. The van der Waals surface area contributed by atoms with E-state index in [0.29, 0.717) is 0 Å². The lowest BCUT2D eigenvalue weighted by Gasteiger charge is -2.31. The molecule has 18 heavy (non-hydrogen) atoms. The number of morpholine rings is 1. The van der Waals surface area contributed by atoms with Crippen LogP contribution in [-0.4, -0.2) is 32.8 Å². The van der Waals surface area contributed by atoms with Crippen molar-refractivity contribution in [1.82, 2.24) is 0 Å². The molecule has 1 aliphatic heterocycles. The Morgan fingerprint density at radius 2 is 1.89 bits per heavy atom. The Morgan fingerprint density at radius 1 is 1.17 bits per heavy atom. The van der Waals surface area contributed by atoms with E-state index in [4.69, 9.17) is 10.5 Å². The normalized spacial score (nSPS) is 16.1. The van der Waals surface area contributed by atoms with E-state index in [1.165, 1.54) is 22.4 Å². The van der Waals surface area contributed by atoms with Gasteiger partial charge in [-0.15, -0.1) is 0 Å². The molecule has 0 bridgehead atoms. The summed E-state index contributed by atoms with van der Waals surface area (Å²) in [6.07, 6.45) is 2.16. The zero-order valence-corrected chi connectivity index (χ0v) is 11.5. The predicted molar refractivity (Wildman–Crippen MR) is 76.3 cm³/mol. The first-order valence-electron chi connectivity index (χ1n) is 6.86. The minimum atomic E-state index is 0.768. The Labute approximate surface area is 110 Å². The maximum Gasteiger partial charge on any atom is 0.0642 e. The molecule has 1 fully saturated rings. The quantitative estimate of drug-likeness (QED) is 0.886. The van der Waals surface area contributed by atoms with Crippen molar-refractivity contribution in [2.45, 2.75) is 26.7 Å². The summed E-state index contributed by atoms with van der Waals surface area (Å²) in [4.78, 5) is 2.43. The third kappa shape index (κ3) is 2.85. The fourth-order valence-electron chi connectivity index (χ4n) is 2.57. The van der Waals surface area contributed by atoms with Crippen LogP contribution in [0, 0.1) is 13.8 Å². The molecule has 100 valence electrons. The van der Waals surface area contributed by atoms with E-state index in [9.17, 15) is 0 Å². The third-order valence-corrected chi connectivity index (χ3v) is 3.87. The van der Waals surface area contributed by atoms with Crippen molar-refractivity contribution in [3.05, 3.63) is 28.8 Å². The van der Waals surface area contributed by atoms with Gasteiger partial charge in [-0.3, -0.25) is 0 Å². The summed E-state index contributed by atoms with van der Waals surface area (Å²) in [6.45, 7) is 8.91. The maximum absolute atomic E-state index is 5.59. The van der Waals surface area contributed by atoms with Gasteiger partial charge in [-0.25, -0.2) is 0 Å². The molecule has 1 aromatic carbocycles. The Bertz CT molecular complexity index is 398. The molecule has 0 spiro atoms. The smallest absolute Gasteiger partial charge is 0.0642 e. The van der Waals surface area contributed by atoms with Gasteiger partial charge in [0, 0.05) is 18.8 Å². The first kappa shape index (κ1) is 13.4. The standard InChI is InChI=1S/C15H24N2O/c1-12-13(2)15(17-8-10-18-11-9-17)6-5-14(12)4-3-7-16/h5-6H,3-4,7-11,16H2,1-2H3. The van der Waals surface area contributed by atoms with E-state index in [0.717, 1.165) is 45.7 Å². The van der Waals surface area contributed by atoms with Crippen molar-refractivity contribution in [1.29, 1.82) is 0 Å². The van der Waals surface area contributed by atoms with Crippen molar-refractivity contribution < 1.29 is 4.74 Å². The lowest BCUT2D eigenvalue weighted by atomic mass is 9.97. The zero-order valence-electron chi connectivity index (χ0n) is 11.5. The van der Waals surface area contributed by atoms with Crippen molar-refractivity contribution in [3.8, 4) is 0 Å². The minimum Gasteiger partial charge on any atom is -0.378 e. The topological polar surface area (TPSA) is 38.5 Å². The molecular formula is C15H24N2O. The summed E-state index contributed by atoms with van der Waals surface area (Å²) < 4.78 is 5.41. The summed E-state index contributed by atoms with van der Waals surface area (Å²) in [5.41, 5.74) is 11.2. The molecule has 3 nitrogen and oxygen atoms in total. The Morgan fingerprint density at radius 3 is 2.56 bits per heavy atom. The second kappa shape index (κ2) is 6.21. The lowest BCUT2D eigenvalue weighted by molar-refractivity contribution is 0.122. The van der Waals surface area contributed by atoms with Gasteiger partial charge in [0.15, 0.2) is 0 Å². The largest absolute Gasteiger partial charge is 0.378 e. The summed E-state index contributed by atoms with van der Waals surface area (Å²) >= 11 is 0. The van der Waals surface area contributed by atoms with Crippen LogP contribution in [0.25, 0.3) is 0 Å². The van der Waals surface area contributed by atoms with Gasteiger partial charge in [-0.05, 0) is 56.0 Å². The molecule has 1 aliphatic rings. The highest BCUT2D eigenvalue weighted by atomic mass is 16.5. The van der Waals surface area contributed by atoms with Gasteiger partial charge in [-0.1, -0.05) is 6.07 Å². The summed E-state index contributed by atoms with van der Waals surface area (Å²) in [7, 11) is 0. The van der Waals surface area contributed by atoms with Crippen LogP contribution in [0.5, 0.6) is 0 Å². The van der Waals surface area contributed by atoms with Gasteiger partial charge in [0.1, 0.15) is 0 Å². The molecule has 0 aromatic heterocycles. The Kier molecular flexibility index (Phi) is 4.61. The van der Waals surface area contributed by atoms with Gasteiger partial charge in [0.2, 0.25) is 0 Å². The van der Waals surface area contributed by atoms with E-state index in [1.54, 1.807) is 0 Å². The van der Waals surface area contributed by atoms with Crippen LogP contribution in [0.1, 0.15) is 23.1 Å². The molecule has 0 radical (unpaired) electrons. The molecule has 0 saturated carbocycles. The predicted octanol–water partition coefficient (Wildman–Crippen LogP) is 2.03. The summed E-state index contributed by atoms with van der Waals surface area (Å²) in [6, 6.07) is 4.53. The molecular weight excluding hydrogens is 224 g/mol. The number of nitrogens with zero attached hydrogens (tertiary/aromatic N) is 1. The molecule has 2 rings (SSSR count). The number of ether oxygens (including phenoxy) is 1. The van der Waals surface area contributed by atoms with Gasteiger partial charge in [0.25, 0.3) is 0 Å². The molecule has 1 heterocycles. The average Bonchev–Trinajstić information content (AvgIpc) is 2.41. The highest BCUT2D eigenvalue weighted by molar-refractivity contribution is 5.58. The fraction of sp³-hybridized carbons (Fsp3) is 0.600. The van der Waals surface area contributed by atoms with E-state index in [1.807, 2.05) is 0 Å². The number of benzene rings is 1. The number of hydrogen-bond donors (Lipinski definition) is 1. The zero-order chi connectivity index (χ0) is 13.0. The first-order chi connectivity index (χ1) is 8.74. The second-order valence-corrected chi connectivity index (χ2v) is 4.99. The highest BCUT2D eigenvalue weighted by Gasteiger charge is 2.15. The van der Waals surface area contributed by atoms with Crippen LogP contribution in [0.15, 0.2) is 12.1 Å². The maximum atomic E-state index is 5.59. The third-order valence-electron chi connectivity index (χ3n) is 3.87. The van der Waals surface area contributed by atoms with Crippen molar-refractivity contribution in [2.75, 3.05) is 37.7 Å². The van der Waals surface area contributed by atoms with E-state index in [2.05, 4.69) is 30.9 Å². The number of nitrogens with two attached hydrogens (primary N) is 1. The summed E-state index contributed by atoms with van der Waals surface area (Å²) in [5, 5.41) is 0. The minimum absolute atomic E-state index is 0.768. The van der Waals surface area contributed by atoms with E-state index in [-0.39, 0.29) is 0 Å². The van der Waals surface area contributed by atoms with E-state index >= 15 is 0 Å². The van der Waals surface area contributed by atoms with Crippen LogP contribution < -0.4 is 10.6 Å². The molecule has 1 saturated heterocycles. The van der Waals surface area contributed by atoms with Gasteiger partial charge in [-0.2, -0.15) is 0 Å². The van der Waals surface area contributed by atoms with Crippen molar-refractivity contribution in [2.24, 2.45) is 5.73 Å². The van der Waals surface area contributed by atoms with Crippen LogP contribution in [0.3, 0.4) is 0 Å². The molecule has 0 aliphatic carbocycles. The molecule has 0 amide bonds. The second-order valence-electron chi connectivity index (χ2n) is 4.99. The monoisotopic (exact) mass is 248 g/mol. The number of aryl methyl sites for hydroxylation is 1. The SMILES string of the molecule is Cc1c(CCCN)ccc(N2CCOCC2)c1C. The molecule has 3 heteroatoms. The highest BCUT2D eigenvalue weighted by Crippen LogP contribution is 2.26. The number of hydrogen-bond acceptors (Lipinski definition) is 3. The fourth-order valence-corrected chi connectivity index (χ4v) is 2.57. The molecule has 0 atom stereocenters. The molecule has 2 N–H and O–H groups in total. The number of rotatable bonds is 4. The Hall–Kier alpha value is -1.06. The Balaban J connectivity index is 2.19. The van der Waals surface area contributed by atoms with Crippen LogP contribution >= 0.6 is 0 Å². The van der Waals surface area contributed by atoms with E-state index < -0.39 is 0 Å². The lowest BCUT2D eigenvalue weighted by Crippen LogP contribution is -2.36. The van der Waals surface area contributed by atoms with Crippen LogP contribution in [0.4, 0.5) is 5.69 Å². The van der Waals surface area contributed by atoms with Gasteiger partial charge >= 0.3 is 0 Å². The van der Waals surface area contributed by atoms with Gasteiger partial charge in [0.05, 0.1) is 13.2 Å². The van der Waals surface area contributed by atoms with Crippen molar-refractivity contribution >= 4 is 5.69 Å². The average molecular weight is 248 g/mol. The first-order valence-corrected chi connectivity index (χ1v) is 6.86. The summed E-state index contributed by atoms with van der Waals surface area (Å²) in [5.74, 6) is 0. The molecule has 1 aromatic rings. The van der Waals surface area contributed by atoms with Gasteiger partial charge < -0.3 is 15.4 Å². The van der Waals surface area contributed by atoms with Crippen LogP contribution in [-0.2, 0) is 11.2 Å². The van der Waals surface area contributed by atoms with Crippen molar-refractivity contribution in [3.63, 3.8) is 0 Å². The number of anilines is 1.